The van der Waals surface area contributed by atoms with E-state index >= 15 is 0 Å². The zero-order valence-electron chi connectivity index (χ0n) is 21.8. The van der Waals surface area contributed by atoms with Crippen molar-refractivity contribution in [3.05, 3.63) is 92.3 Å². The summed E-state index contributed by atoms with van der Waals surface area (Å²) >= 11 is 14.0. The number of carbonyl (C=O) groups is 1. The molecular weight excluding hydrogens is 553 g/mol. The summed E-state index contributed by atoms with van der Waals surface area (Å²) in [7, 11) is 0. The van der Waals surface area contributed by atoms with Crippen LogP contribution >= 0.6 is 35.0 Å². The Morgan fingerprint density at radius 3 is 2.54 bits per heavy atom. The van der Waals surface area contributed by atoms with Gasteiger partial charge in [-0.05, 0) is 78.7 Å². The van der Waals surface area contributed by atoms with Gasteiger partial charge in [-0.2, -0.15) is 5.26 Å². The van der Waals surface area contributed by atoms with Crippen molar-refractivity contribution in [2.45, 2.75) is 27.4 Å². The number of thioether (sulfide) groups is 1. The summed E-state index contributed by atoms with van der Waals surface area (Å²) < 4.78 is 11.8. The summed E-state index contributed by atoms with van der Waals surface area (Å²) in [4.78, 5) is 20.3. The highest BCUT2D eigenvalue weighted by Crippen LogP contribution is 2.40. The minimum Gasteiger partial charge on any atom is -0.490 e. The second kappa shape index (κ2) is 13.1. The molecule has 0 aliphatic carbocycles. The smallest absolute Gasteiger partial charge is 0.266 e. The number of halogens is 2. The lowest BCUT2D eigenvalue weighted by atomic mass is 10.1. The molecule has 3 aromatic rings. The third kappa shape index (κ3) is 7.15. The standard InChI is InChI=1S/C30H27Cl2N3O3S/c1-4-37-26-14-20(13-25(32)28(26)38-18-22-8-6-5-7-21(22)16-33)15-27-29(36)35(17-19(2)3)30(39-27)34-24-11-9-23(31)10-12-24/h5-15,19H,4,17-18H2,1-3H3/b27-15-,34-30?. The maximum absolute atomic E-state index is 13.4. The Hall–Kier alpha value is -3.44. The number of nitriles is 1. The van der Waals surface area contributed by atoms with Crippen LogP contribution in [0.3, 0.4) is 0 Å². The SMILES string of the molecule is CCOc1cc(/C=C2\SC(=Nc3ccc(Cl)cc3)N(CC(C)C)C2=O)cc(Cl)c1OCc1ccccc1C#N. The number of ether oxygens (including phenoxy) is 2. The zero-order chi connectivity index (χ0) is 27.9. The fourth-order valence-electron chi connectivity index (χ4n) is 3.87. The molecular formula is C30H27Cl2N3O3S. The van der Waals surface area contributed by atoms with Gasteiger partial charge in [0.05, 0.1) is 33.9 Å². The van der Waals surface area contributed by atoms with Gasteiger partial charge in [0.2, 0.25) is 0 Å². The second-order valence-corrected chi connectivity index (χ2v) is 11.0. The molecule has 200 valence electrons. The van der Waals surface area contributed by atoms with Gasteiger partial charge >= 0.3 is 0 Å². The fraction of sp³-hybridized carbons (Fsp3) is 0.233. The van der Waals surface area contributed by atoms with Gasteiger partial charge in [-0.25, -0.2) is 4.99 Å². The van der Waals surface area contributed by atoms with Crippen LogP contribution < -0.4 is 9.47 Å². The highest BCUT2D eigenvalue weighted by Gasteiger charge is 2.34. The van der Waals surface area contributed by atoms with Crippen LogP contribution in [0.5, 0.6) is 11.5 Å². The van der Waals surface area contributed by atoms with Crippen molar-refractivity contribution in [3.63, 3.8) is 0 Å². The van der Waals surface area contributed by atoms with E-state index in [9.17, 15) is 10.1 Å². The Balaban J connectivity index is 1.64. The van der Waals surface area contributed by atoms with Gasteiger partial charge in [-0.3, -0.25) is 9.69 Å². The third-order valence-corrected chi connectivity index (χ3v) is 7.17. The van der Waals surface area contributed by atoms with Gasteiger partial charge in [-0.15, -0.1) is 0 Å². The van der Waals surface area contributed by atoms with E-state index in [0.29, 0.717) is 61.6 Å². The third-order valence-electron chi connectivity index (χ3n) is 5.63. The number of nitrogens with zero attached hydrogens (tertiary/aromatic N) is 3. The molecule has 1 aliphatic heterocycles. The Bertz CT molecular complexity index is 1460. The number of rotatable bonds is 9. The molecule has 6 nitrogen and oxygen atoms in total. The van der Waals surface area contributed by atoms with Crippen LogP contribution in [0.2, 0.25) is 10.0 Å². The van der Waals surface area contributed by atoms with Crippen molar-refractivity contribution in [2.24, 2.45) is 10.9 Å². The Kier molecular flexibility index (Phi) is 9.58. The largest absolute Gasteiger partial charge is 0.490 e. The van der Waals surface area contributed by atoms with Gasteiger partial charge in [-0.1, -0.05) is 55.2 Å². The zero-order valence-corrected chi connectivity index (χ0v) is 24.1. The molecule has 3 aromatic carbocycles. The van der Waals surface area contributed by atoms with Crippen molar-refractivity contribution in [3.8, 4) is 17.6 Å². The van der Waals surface area contributed by atoms with E-state index < -0.39 is 0 Å². The van der Waals surface area contributed by atoms with Crippen molar-refractivity contribution >= 4 is 57.8 Å². The summed E-state index contributed by atoms with van der Waals surface area (Å²) in [5, 5.41) is 10.9. The average molecular weight is 581 g/mol. The van der Waals surface area contributed by atoms with Gasteiger partial charge in [0.1, 0.15) is 6.61 Å². The minimum absolute atomic E-state index is 0.121. The van der Waals surface area contributed by atoms with Crippen LogP contribution in [-0.2, 0) is 11.4 Å². The number of benzene rings is 3. The molecule has 1 fully saturated rings. The van der Waals surface area contributed by atoms with E-state index in [0.717, 1.165) is 5.56 Å². The topological polar surface area (TPSA) is 74.9 Å². The van der Waals surface area contributed by atoms with Gasteiger partial charge in [0.25, 0.3) is 5.91 Å². The minimum atomic E-state index is -0.121. The van der Waals surface area contributed by atoms with E-state index in [1.165, 1.54) is 11.8 Å². The van der Waals surface area contributed by atoms with E-state index in [1.807, 2.05) is 31.2 Å². The van der Waals surface area contributed by atoms with E-state index in [-0.39, 0.29) is 18.4 Å². The molecule has 1 aliphatic rings. The van der Waals surface area contributed by atoms with Gasteiger partial charge in [0, 0.05) is 17.1 Å². The van der Waals surface area contributed by atoms with Crippen LogP contribution in [-0.4, -0.2) is 29.1 Å². The summed E-state index contributed by atoms with van der Waals surface area (Å²) in [5.74, 6) is 0.968. The monoisotopic (exact) mass is 579 g/mol. The van der Waals surface area contributed by atoms with Gasteiger partial charge < -0.3 is 9.47 Å². The second-order valence-electron chi connectivity index (χ2n) is 9.11. The molecule has 9 heteroatoms. The molecule has 0 radical (unpaired) electrons. The number of aliphatic imine (C=N–C) groups is 1. The van der Waals surface area contributed by atoms with Crippen molar-refractivity contribution in [2.75, 3.05) is 13.2 Å². The van der Waals surface area contributed by atoms with E-state index in [1.54, 1.807) is 47.4 Å². The molecule has 1 saturated heterocycles. The Labute approximate surface area is 242 Å². The van der Waals surface area contributed by atoms with E-state index in [2.05, 4.69) is 19.9 Å². The lowest BCUT2D eigenvalue weighted by Crippen LogP contribution is -2.32. The highest BCUT2D eigenvalue weighted by molar-refractivity contribution is 8.18. The number of amides is 1. The quantitative estimate of drug-likeness (QED) is 0.239. The lowest BCUT2D eigenvalue weighted by molar-refractivity contribution is -0.122. The summed E-state index contributed by atoms with van der Waals surface area (Å²) in [6.45, 7) is 7.08. The lowest BCUT2D eigenvalue weighted by Gasteiger charge is -2.17. The predicted molar refractivity (Wildman–Crippen MR) is 159 cm³/mol. The molecule has 0 saturated carbocycles. The molecule has 0 N–H and O–H groups in total. The predicted octanol–water partition coefficient (Wildman–Crippen LogP) is 8.10. The highest BCUT2D eigenvalue weighted by atomic mass is 35.5. The van der Waals surface area contributed by atoms with Crippen molar-refractivity contribution in [1.29, 1.82) is 5.26 Å². The first-order chi connectivity index (χ1) is 18.8. The first kappa shape index (κ1) is 28.6. The molecule has 0 aromatic heterocycles. The molecule has 0 spiro atoms. The molecule has 0 unspecified atom stereocenters. The normalized spacial score (nSPS) is 15.3. The van der Waals surface area contributed by atoms with Crippen molar-refractivity contribution < 1.29 is 14.3 Å². The Morgan fingerprint density at radius 1 is 1.10 bits per heavy atom. The first-order valence-electron chi connectivity index (χ1n) is 12.4. The van der Waals surface area contributed by atoms with Crippen LogP contribution in [0.25, 0.3) is 6.08 Å². The molecule has 0 bridgehead atoms. The first-order valence-corrected chi connectivity index (χ1v) is 14.0. The molecule has 1 amide bonds. The van der Waals surface area contributed by atoms with Crippen LogP contribution in [0, 0.1) is 17.2 Å². The molecule has 1 heterocycles. The Morgan fingerprint density at radius 2 is 1.85 bits per heavy atom. The van der Waals surface area contributed by atoms with Crippen LogP contribution in [0.1, 0.15) is 37.5 Å². The summed E-state index contributed by atoms with van der Waals surface area (Å²) in [5.41, 5.74) is 2.69. The number of amidine groups is 1. The maximum atomic E-state index is 13.4. The average Bonchev–Trinajstić information content (AvgIpc) is 3.18. The van der Waals surface area contributed by atoms with Crippen LogP contribution in [0.4, 0.5) is 5.69 Å². The van der Waals surface area contributed by atoms with Crippen molar-refractivity contribution in [1.82, 2.24) is 4.90 Å². The van der Waals surface area contributed by atoms with Gasteiger partial charge in [0.15, 0.2) is 16.7 Å². The maximum Gasteiger partial charge on any atom is 0.266 e. The number of hydrogen-bond donors (Lipinski definition) is 0. The molecule has 39 heavy (non-hydrogen) atoms. The molecule has 4 rings (SSSR count). The number of carbonyl (C=O) groups excluding carboxylic acids is 1. The van der Waals surface area contributed by atoms with E-state index in [4.69, 9.17) is 37.7 Å². The van der Waals surface area contributed by atoms with Crippen LogP contribution in [0.15, 0.2) is 70.6 Å². The fourth-order valence-corrected chi connectivity index (χ4v) is 5.28. The summed E-state index contributed by atoms with van der Waals surface area (Å²) in [6.07, 6.45) is 1.79. The number of hydrogen-bond acceptors (Lipinski definition) is 6. The molecule has 0 atom stereocenters. The summed E-state index contributed by atoms with van der Waals surface area (Å²) in [6, 6.07) is 20.1.